The van der Waals surface area contributed by atoms with Crippen molar-refractivity contribution in [1.29, 1.82) is 0 Å². The second kappa shape index (κ2) is 3.64. The molecule has 0 spiro atoms. The second-order valence-electron chi connectivity index (χ2n) is 3.19. The lowest BCUT2D eigenvalue weighted by atomic mass is 10.0. The summed E-state index contributed by atoms with van der Waals surface area (Å²) in [6.45, 7) is 1.80. The minimum atomic E-state index is 0.481. The van der Waals surface area contributed by atoms with Gasteiger partial charge >= 0.3 is 0 Å². The molecule has 0 amide bonds. The third-order valence-electron chi connectivity index (χ3n) is 2.38. The molecule has 0 N–H and O–H groups in total. The second-order valence-corrected chi connectivity index (χ2v) is 4.16. The van der Waals surface area contributed by atoms with Crippen molar-refractivity contribution in [1.82, 2.24) is 4.90 Å². The number of benzene rings is 1. The lowest BCUT2D eigenvalue weighted by molar-refractivity contribution is 0.406. The molecule has 0 fully saturated rings. The number of halogens is 1. The van der Waals surface area contributed by atoms with E-state index in [1.54, 1.807) is 0 Å². The largest absolute Gasteiger partial charge is 0.349 e. The van der Waals surface area contributed by atoms with Gasteiger partial charge < -0.3 is 4.90 Å². The summed E-state index contributed by atoms with van der Waals surface area (Å²) in [6, 6.07) is 8.44. The van der Waals surface area contributed by atoms with Gasteiger partial charge in [0.25, 0.3) is 0 Å². The highest BCUT2D eigenvalue weighted by Crippen LogP contribution is 2.19. The predicted octanol–water partition coefficient (Wildman–Crippen LogP) is 2.57. The number of hydrogen-bond donors (Lipinski definition) is 0. The molecule has 1 aliphatic rings. The van der Waals surface area contributed by atoms with Gasteiger partial charge in [0.1, 0.15) is 0 Å². The quantitative estimate of drug-likeness (QED) is 0.369. The van der Waals surface area contributed by atoms with Gasteiger partial charge in [-0.1, -0.05) is 35.9 Å². The van der Waals surface area contributed by atoms with E-state index in [-0.39, 0.29) is 0 Å². The van der Waals surface area contributed by atoms with Crippen LogP contribution in [0.5, 0.6) is 0 Å². The summed E-state index contributed by atoms with van der Waals surface area (Å²) in [5, 5.41) is 0. The molecule has 0 atom stereocenters. The summed E-state index contributed by atoms with van der Waals surface area (Å²) >= 11 is 10.7. The molecule has 0 aromatic heterocycles. The minimum absolute atomic E-state index is 0.481. The Bertz CT molecular complexity index is 337. The van der Waals surface area contributed by atoms with E-state index in [1.807, 2.05) is 4.90 Å². The van der Waals surface area contributed by atoms with E-state index in [2.05, 4.69) is 24.3 Å². The van der Waals surface area contributed by atoms with Gasteiger partial charge in [-0.3, -0.25) is 0 Å². The highest BCUT2D eigenvalue weighted by molar-refractivity contribution is 7.83. The molecule has 0 bridgehead atoms. The fourth-order valence-corrected chi connectivity index (χ4v) is 1.95. The lowest BCUT2D eigenvalue weighted by Crippen LogP contribution is -2.32. The zero-order valence-corrected chi connectivity index (χ0v) is 8.74. The average molecular weight is 212 g/mol. The monoisotopic (exact) mass is 211 g/mol. The molecular formula is C10H10ClNS. The summed E-state index contributed by atoms with van der Waals surface area (Å²) in [4.78, 5) is 2.03. The van der Waals surface area contributed by atoms with Gasteiger partial charge in [0.15, 0.2) is 4.45 Å². The predicted molar refractivity (Wildman–Crippen MR) is 59.0 cm³/mol. The number of nitrogens with zero attached hydrogens (tertiary/aromatic N) is 1. The van der Waals surface area contributed by atoms with Crippen LogP contribution in [0.15, 0.2) is 24.3 Å². The molecular weight excluding hydrogens is 202 g/mol. The Hall–Kier alpha value is -0.600. The maximum absolute atomic E-state index is 5.78. The van der Waals surface area contributed by atoms with Gasteiger partial charge in [0.2, 0.25) is 0 Å². The molecule has 1 aliphatic heterocycles. The molecule has 68 valence electrons. The van der Waals surface area contributed by atoms with Crippen LogP contribution in [0, 0.1) is 0 Å². The van der Waals surface area contributed by atoms with Crippen molar-refractivity contribution in [3.05, 3.63) is 35.4 Å². The molecule has 0 radical (unpaired) electrons. The van der Waals surface area contributed by atoms with Crippen LogP contribution in [-0.2, 0) is 13.0 Å². The molecule has 3 heteroatoms. The number of hydrogen-bond acceptors (Lipinski definition) is 1. The molecule has 13 heavy (non-hydrogen) atoms. The van der Waals surface area contributed by atoms with Crippen LogP contribution in [0.3, 0.4) is 0 Å². The van der Waals surface area contributed by atoms with E-state index in [0.717, 1.165) is 19.5 Å². The smallest absolute Gasteiger partial charge is 0.170 e. The van der Waals surface area contributed by atoms with Crippen molar-refractivity contribution >= 4 is 28.3 Å². The highest BCUT2D eigenvalue weighted by Gasteiger charge is 2.15. The summed E-state index contributed by atoms with van der Waals surface area (Å²) in [5.74, 6) is 0. The van der Waals surface area contributed by atoms with E-state index in [0.29, 0.717) is 4.45 Å². The maximum atomic E-state index is 5.78. The number of rotatable bonds is 0. The van der Waals surface area contributed by atoms with Crippen molar-refractivity contribution in [2.75, 3.05) is 6.54 Å². The van der Waals surface area contributed by atoms with Gasteiger partial charge in [-0.2, -0.15) is 0 Å². The van der Waals surface area contributed by atoms with Gasteiger partial charge in [0, 0.05) is 13.1 Å². The Labute approximate surface area is 88.3 Å². The molecule has 0 aliphatic carbocycles. The topological polar surface area (TPSA) is 3.24 Å². The van der Waals surface area contributed by atoms with Crippen LogP contribution in [0.25, 0.3) is 0 Å². The Morgan fingerprint density at radius 3 is 2.69 bits per heavy atom. The first-order valence-corrected chi connectivity index (χ1v) is 5.07. The van der Waals surface area contributed by atoms with Crippen LogP contribution >= 0.6 is 23.8 Å². The molecule has 0 saturated carbocycles. The van der Waals surface area contributed by atoms with Crippen molar-refractivity contribution in [2.24, 2.45) is 0 Å². The molecule has 0 unspecified atom stereocenters. The SMILES string of the molecule is S=C(Cl)N1CCc2ccccc2C1. The fourth-order valence-electron chi connectivity index (χ4n) is 1.65. The zero-order valence-electron chi connectivity index (χ0n) is 7.16. The molecule has 1 heterocycles. The molecule has 0 saturated heterocycles. The van der Waals surface area contributed by atoms with Gasteiger partial charge in [0.05, 0.1) is 0 Å². The molecule has 1 aromatic carbocycles. The third-order valence-corrected chi connectivity index (χ3v) is 2.88. The lowest BCUT2D eigenvalue weighted by Gasteiger charge is -2.28. The van der Waals surface area contributed by atoms with E-state index >= 15 is 0 Å². The zero-order chi connectivity index (χ0) is 9.26. The summed E-state index contributed by atoms with van der Waals surface area (Å²) in [6.07, 6.45) is 1.04. The van der Waals surface area contributed by atoms with Gasteiger partial charge in [-0.15, -0.1) is 0 Å². The van der Waals surface area contributed by atoms with Crippen LogP contribution in [0.2, 0.25) is 0 Å². The summed E-state index contributed by atoms with van der Waals surface area (Å²) in [7, 11) is 0. The third kappa shape index (κ3) is 1.84. The standard InChI is InChI=1S/C10H10ClNS/c11-10(13)12-6-5-8-3-1-2-4-9(8)7-12/h1-4H,5-7H2. The number of thiocarbonyl (C=S) groups is 1. The Morgan fingerprint density at radius 2 is 2.00 bits per heavy atom. The molecule has 1 aromatic rings. The van der Waals surface area contributed by atoms with Crippen molar-refractivity contribution in [3.8, 4) is 0 Å². The van der Waals surface area contributed by atoms with Crippen molar-refractivity contribution in [3.63, 3.8) is 0 Å². The highest BCUT2D eigenvalue weighted by atomic mass is 35.5. The van der Waals surface area contributed by atoms with Gasteiger partial charge in [-0.05, 0) is 29.8 Å². The van der Waals surface area contributed by atoms with E-state index in [9.17, 15) is 0 Å². The summed E-state index contributed by atoms with van der Waals surface area (Å²) in [5.41, 5.74) is 2.77. The van der Waals surface area contributed by atoms with Crippen LogP contribution in [0.1, 0.15) is 11.1 Å². The number of fused-ring (bicyclic) bond motifs is 1. The van der Waals surface area contributed by atoms with Crippen LogP contribution < -0.4 is 0 Å². The first kappa shape index (κ1) is 8.97. The minimum Gasteiger partial charge on any atom is -0.349 e. The van der Waals surface area contributed by atoms with E-state index < -0.39 is 0 Å². The van der Waals surface area contributed by atoms with Gasteiger partial charge in [-0.25, -0.2) is 0 Å². The Morgan fingerprint density at radius 1 is 1.31 bits per heavy atom. The normalized spacial score (nSPS) is 15.3. The summed E-state index contributed by atoms with van der Waals surface area (Å²) < 4.78 is 0.481. The van der Waals surface area contributed by atoms with Crippen LogP contribution in [0.4, 0.5) is 0 Å². The van der Waals surface area contributed by atoms with Crippen molar-refractivity contribution < 1.29 is 0 Å². The first-order chi connectivity index (χ1) is 6.27. The van der Waals surface area contributed by atoms with E-state index in [4.69, 9.17) is 23.8 Å². The molecule has 2 rings (SSSR count). The Kier molecular flexibility index (Phi) is 2.51. The maximum Gasteiger partial charge on any atom is 0.170 e. The van der Waals surface area contributed by atoms with Crippen LogP contribution in [-0.4, -0.2) is 15.9 Å². The van der Waals surface area contributed by atoms with Crippen molar-refractivity contribution in [2.45, 2.75) is 13.0 Å². The first-order valence-electron chi connectivity index (χ1n) is 4.28. The fraction of sp³-hybridized carbons (Fsp3) is 0.300. The Balaban J connectivity index is 2.24. The average Bonchev–Trinajstić information content (AvgIpc) is 2.17. The van der Waals surface area contributed by atoms with E-state index in [1.165, 1.54) is 11.1 Å². The molecule has 1 nitrogen and oxygen atoms in total.